The number of esters is 4. The molecule has 0 saturated heterocycles. The Labute approximate surface area is 382 Å². The lowest BCUT2D eigenvalue weighted by molar-refractivity contribution is -0.279. The summed E-state index contributed by atoms with van der Waals surface area (Å²) in [6, 6.07) is 8.82. The standard InChI is InChI=1S/C41H35B9F2O11S/c1-20(41(51,52)64(57,58)59)60-36(56)37-14-38(61-33(53)26-5-21(8-42)4-24(11-45)28(26)12-46)17-39(15-37,62-34(54)27-6-25(48)7-30(49)29(27)13-47)19-40(16-37,18-38)63-35(55)31-22(9-43)2-3-23(10-44)32(31)50/h2-7,20H,8-19H2,1H3,(H,57,58,59). The molecule has 0 aromatic heterocycles. The fourth-order valence-electron chi connectivity index (χ4n) is 10.2. The van der Waals surface area contributed by atoms with Crippen LogP contribution < -0.4 is 16.4 Å². The average Bonchev–Trinajstić information content (AvgIpc) is 3.20. The van der Waals surface area contributed by atoms with Crippen LogP contribution in [-0.2, 0) is 71.8 Å². The second-order valence-corrected chi connectivity index (χ2v) is 18.5. The Kier molecular flexibility index (Phi) is 13.8. The van der Waals surface area contributed by atoms with Crippen molar-refractivity contribution in [3.8, 4) is 0 Å². The summed E-state index contributed by atoms with van der Waals surface area (Å²) in [7, 11) is 48.5. The van der Waals surface area contributed by atoms with Gasteiger partial charge in [0.25, 0.3) is 0 Å². The van der Waals surface area contributed by atoms with E-state index in [0.29, 0.717) is 29.2 Å². The van der Waals surface area contributed by atoms with E-state index >= 15 is 8.78 Å². The van der Waals surface area contributed by atoms with Gasteiger partial charge in [0.15, 0.2) is 6.10 Å². The van der Waals surface area contributed by atoms with Crippen molar-refractivity contribution in [2.24, 2.45) is 5.41 Å². The summed E-state index contributed by atoms with van der Waals surface area (Å²) in [6.07, 6.45) is -6.27. The first-order valence-electron chi connectivity index (χ1n) is 20.1. The number of halogens is 2. The van der Waals surface area contributed by atoms with Crippen LogP contribution in [0.2, 0.25) is 0 Å². The summed E-state index contributed by atoms with van der Waals surface area (Å²) in [5, 5.41) is -5.01. The van der Waals surface area contributed by atoms with E-state index < -0.39 is 86.8 Å². The molecular formula is C41H35B9F2O11S. The fourth-order valence-corrected chi connectivity index (χ4v) is 10.6. The molecule has 312 valence electrons. The Morgan fingerprint density at radius 3 is 1.62 bits per heavy atom. The van der Waals surface area contributed by atoms with E-state index in [1.165, 1.54) is 24.3 Å². The van der Waals surface area contributed by atoms with E-state index in [2.05, 4.69) is 0 Å². The Balaban J connectivity index is 1.57. The molecule has 4 aliphatic carbocycles. The molecule has 5 unspecified atom stereocenters. The monoisotopic (exact) mass is 872 g/mol. The highest BCUT2D eigenvalue weighted by atomic mass is 32.2. The lowest BCUT2D eigenvalue weighted by atomic mass is 9.44. The van der Waals surface area contributed by atoms with E-state index in [1.54, 1.807) is 12.1 Å². The van der Waals surface area contributed by atoms with E-state index in [1.807, 2.05) is 0 Å². The lowest BCUT2D eigenvalue weighted by Gasteiger charge is -2.66. The SMILES string of the molecule is [B]Cc1cc(C[B])c(C[B])c(C(=O)OC23CC4(OC(=O)c5cc([B])cc([B])c5C[B])CC(OC(=O)c5c(C[B])ccc(C[B])c5[B])(C2)CC(C(=O)OC(C)C(F)(F)S(=O)(=O)O)(C4)C3)c1. The minimum absolute atomic E-state index is 0.0265. The summed E-state index contributed by atoms with van der Waals surface area (Å²) >= 11 is 0. The molecule has 18 radical (unpaired) electrons. The number of rotatable bonds is 16. The third kappa shape index (κ3) is 8.93. The number of ether oxygens (including phenoxy) is 4. The molecule has 11 nitrogen and oxygen atoms in total. The first-order valence-corrected chi connectivity index (χ1v) is 21.5. The number of alkyl halides is 2. The van der Waals surface area contributed by atoms with Gasteiger partial charge in [0.05, 0.1) is 69.2 Å². The highest BCUT2D eigenvalue weighted by Gasteiger charge is 2.76. The van der Waals surface area contributed by atoms with Crippen molar-refractivity contribution in [1.82, 2.24) is 0 Å². The van der Waals surface area contributed by atoms with E-state index in [0.717, 1.165) is 0 Å². The highest BCUT2D eigenvalue weighted by molar-refractivity contribution is 7.86. The molecule has 3 aromatic rings. The molecule has 3 aromatic carbocycles. The molecule has 4 aliphatic rings. The molecule has 64 heavy (non-hydrogen) atoms. The normalized spacial score (nSPS) is 24.1. The summed E-state index contributed by atoms with van der Waals surface area (Å²) in [4.78, 5) is 58.3. The molecule has 1 N–H and O–H groups in total. The minimum atomic E-state index is -6.14. The number of benzene rings is 3. The first kappa shape index (κ1) is 49.3. The topological polar surface area (TPSA) is 160 Å². The van der Waals surface area contributed by atoms with Gasteiger partial charge in [-0.25, -0.2) is 14.4 Å². The van der Waals surface area contributed by atoms with Gasteiger partial charge in [-0.05, 0) is 29.7 Å². The summed E-state index contributed by atoms with van der Waals surface area (Å²) in [5.41, 5.74) is -6.47. The van der Waals surface area contributed by atoms with Crippen molar-refractivity contribution in [3.63, 3.8) is 0 Å². The average molecular weight is 871 g/mol. The predicted molar refractivity (Wildman–Crippen MR) is 239 cm³/mol. The summed E-state index contributed by atoms with van der Waals surface area (Å²) in [6.45, 7) is 0.543. The molecule has 0 aliphatic heterocycles. The quantitative estimate of drug-likeness (QED) is 0.0891. The molecular weight excluding hydrogens is 836 g/mol. The zero-order chi connectivity index (χ0) is 47.4. The van der Waals surface area contributed by atoms with E-state index in [-0.39, 0.29) is 101 Å². The first-order chi connectivity index (χ1) is 29.9. The van der Waals surface area contributed by atoms with E-state index in [9.17, 15) is 32.1 Å². The van der Waals surface area contributed by atoms with Crippen LogP contribution in [-0.4, -0.2) is 136 Å². The number of carbonyl (C=O) groups excluding carboxylic acids is 4. The molecule has 0 heterocycles. The van der Waals surface area contributed by atoms with Gasteiger partial charge in [-0.1, -0.05) is 101 Å². The largest absolute Gasteiger partial charge is 0.455 e. The van der Waals surface area contributed by atoms with Crippen LogP contribution in [0.3, 0.4) is 0 Å². The van der Waals surface area contributed by atoms with Gasteiger partial charge in [0.2, 0.25) is 0 Å². The molecule has 23 heteroatoms. The molecule has 4 fully saturated rings. The van der Waals surface area contributed by atoms with Gasteiger partial charge in [0.1, 0.15) is 40.3 Å². The summed E-state index contributed by atoms with van der Waals surface area (Å²) < 4.78 is 87.4. The lowest BCUT2D eigenvalue weighted by Crippen LogP contribution is -2.73. The van der Waals surface area contributed by atoms with Crippen LogP contribution in [0.25, 0.3) is 0 Å². The second kappa shape index (κ2) is 17.9. The van der Waals surface area contributed by atoms with Gasteiger partial charge in [-0.3, -0.25) is 9.35 Å². The van der Waals surface area contributed by atoms with Crippen molar-refractivity contribution in [2.75, 3.05) is 0 Å². The maximum Gasteiger partial charge on any atom is 0.405 e. The third-order valence-corrected chi connectivity index (χ3v) is 13.5. The van der Waals surface area contributed by atoms with Gasteiger partial charge in [-0.15, -0.1) is 0 Å². The van der Waals surface area contributed by atoms with Crippen molar-refractivity contribution in [2.45, 2.75) is 112 Å². The van der Waals surface area contributed by atoms with Crippen molar-refractivity contribution in [1.29, 1.82) is 0 Å². The van der Waals surface area contributed by atoms with E-state index in [4.69, 9.17) is 89.6 Å². The Hall–Kier alpha value is -4.11. The van der Waals surface area contributed by atoms with Crippen molar-refractivity contribution >= 4 is 121 Å². The second-order valence-electron chi connectivity index (χ2n) is 17.0. The van der Waals surface area contributed by atoms with Crippen LogP contribution in [0, 0.1) is 5.41 Å². The molecule has 5 atom stereocenters. The number of hydrogen-bond donors (Lipinski definition) is 1. The van der Waals surface area contributed by atoms with Gasteiger partial charge in [0, 0.05) is 38.5 Å². The molecule has 7 rings (SSSR count). The van der Waals surface area contributed by atoms with Gasteiger partial charge in [-0.2, -0.15) is 17.2 Å². The number of hydrogen-bond acceptors (Lipinski definition) is 10. The Morgan fingerprint density at radius 1 is 0.672 bits per heavy atom. The maximum absolute atomic E-state index is 15.1. The van der Waals surface area contributed by atoms with Crippen molar-refractivity contribution in [3.05, 3.63) is 86.5 Å². The molecule has 0 spiro atoms. The third-order valence-electron chi connectivity index (χ3n) is 12.5. The van der Waals surface area contributed by atoms with Gasteiger partial charge >= 0.3 is 39.2 Å². The zero-order valence-corrected chi connectivity index (χ0v) is 35.7. The summed E-state index contributed by atoms with van der Waals surface area (Å²) in [5.74, 6) is -4.64. The van der Waals surface area contributed by atoms with Crippen LogP contribution >= 0.6 is 0 Å². The zero-order valence-electron chi connectivity index (χ0n) is 34.9. The fraction of sp³-hybridized carbons (Fsp3) is 0.463. The molecule has 0 amide bonds. The minimum Gasteiger partial charge on any atom is -0.455 e. The Morgan fingerprint density at radius 2 is 1.16 bits per heavy atom. The molecule has 4 bridgehead atoms. The van der Waals surface area contributed by atoms with Gasteiger partial charge < -0.3 is 18.9 Å². The Bertz CT molecular complexity index is 2530. The smallest absolute Gasteiger partial charge is 0.405 e. The number of carbonyl (C=O) groups is 4. The predicted octanol–water partition coefficient (Wildman–Crippen LogP) is -0.0537. The van der Waals surface area contributed by atoms with Crippen LogP contribution in [0.15, 0.2) is 36.4 Å². The maximum atomic E-state index is 15.1. The van der Waals surface area contributed by atoms with Crippen molar-refractivity contribution < 1.29 is 59.9 Å². The van der Waals surface area contributed by atoms with Crippen LogP contribution in [0.4, 0.5) is 8.78 Å². The highest BCUT2D eigenvalue weighted by Crippen LogP contribution is 2.68. The van der Waals surface area contributed by atoms with Crippen LogP contribution in [0.5, 0.6) is 0 Å². The van der Waals surface area contributed by atoms with Crippen LogP contribution in [0.1, 0.15) is 110 Å². The molecule has 4 saturated carbocycles.